The van der Waals surface area contributed by atoms with Gasteiger partial charge in [0.1, 0.15) is 11.9 Å². The molecule has 22 heavy (non-hydrogen) atoms. The molecule has 0 bridgehead atoms. The first-order valence-corrected chi connectivity index (χ1v) is 7.03. The van der Waals surface area contributed by atoms with E-state index < -0.39 is 0 Å². The Balaban J connectivity index is 1.69. The van der Waals surface area contributed by atoms with Crippen LogP contribution in [0.4, 0.5) is 11.6 Å². The fourth-order valence-corrected chi connectivity index (χ4v) is 2.53. The summed E-state index contributed by atoms with van der Waals surface area (Å²) < 4.78 is 0. The van der Waals surface area contributed by atoms with Crippen molar-refractivity contribution in [1.82, 2.24) is 19.9 Å². The molecule has 1 saturated heterocycles. The van der Waals surface area contributed by atoms with Gasteiger partial charge in [0.25, 0.3) is 5.56 Å². The lowest BCUT2D eigenvalue weighted by molar-refractivity contribution is 0.524. The van der Waals surface area contributed by atoms with Crippen molar-refractivity contribution in [2.45, 2.75) is 18.9 Å². The largest absolute Gasteiger partial charge is 0.364 e. The normalized spacial score (nSPS) is 17.8. The van der Waals surface area contributed by atoms with Gasteiger partial charge in [0.15, 0.2) is 11.5 Å². The molecule has 2 N–H and O–H groups in total. The molecule has 1 fully saturated rings. The number of nitrogens with zero attached hydrogens (tertiary/aromatic N) is 5. The standard InChI is InChI=1S/C14H15N7O/c15-6-11-7-19-12(8-18-11)20-10-2-1-5-21(9-10)13-14(22)17-4-3-16-13/h3-4,7-8,10H,1-2,5,9H2,(H,17,22)(H,19,20)/t10-/m0/s1. The van der Waals surface area contributed by atoms with Crippen molar-refractivity contribution in [3.63, 3.8) is 0 Å². The minimum absolute atomic E-state index is 0.150. The third-order valence-electron chi connectivity index (χ3n) is 3.53. The van der Waals surface area contributed by atoms with Crippen LogP contribution in [-0.2, 0) is 0 Å². The molecule has 112 valence electrons. The predicted octanol–water partition coefficient (Wildman–Crippen LogP) is 0.512. The van der Waals surface area contributed by atoms with E-state index in [-0.39, 0.29) is 17.3 Å². The highest BCUT2D eigenvalue weighted by Gasteiger charge is 2.22. The van der Waals surface area contributed by atoms with Crippen LogP contribution < -0.4 is 15.8 Å². The molecule has 0 radical (unpaired) electrons. The summed E-state index contributed by atoms with van der Waals surface area (Å²) in [6.45, 7) is 1.47. The maximum atomic E-state index is 11.8. The van der Waals surface area contributed by atoms with Crippen LogP contribution >= 0.6 is 0 Å². The molecule has 0 aliphatic carbocycles. The van der Waals surface area contributed by atoms with Crippen LogP contribution in [0.2, 0.25) is 0 Å². The topological polar surface area (TPSA) is 111 Å². The van der Waals surface area contributed by atoms with Gasteiger partial charge in [0, 0.05) is 31.5 Å². The molecule has 0 spiro atoms. The quantitative estimate of drug-likeness (QED) is 0.849. The second-order valence-corrected chi connectivity index (χ2v) is 5.07. The third kappa shape index (κ3) is 3.03. The van der Waals surface area contributed by atoms with E-state index in [2.05, 4.69) is 25.3 Å². The zero-order valence-corrected chi connectivity index (χ0v) is 11.9. The lowest BCUT2D eigenvalue weighted by Crippen LogP contribution is -2.44. The number of H-pyrrole nitrogens is 1. The van der Waals surface area contributed by atoms with Gasteiger partial charge >= 0.3 is 0 Å². The predicted molar refractivity (Wildman–Crippen MR) is 80.5 cm³/mol. The number of nitrogens with one attached hydrogen (secondary N) is 2. The van der Waals surface area contributed by atoms with Crippen LogP contribution in [0.25, 0.3) is 0 Å². The van der Waals surface area contributed by atoms with E-state index in [1.807, 2.05) is 11.0 Å². The summed E-state index contributed by atoms with van der Waals surface area (Å²) in [6, 6.07) is 2.09. The van der Waals surface area contributed by atoms with Crippen LogP contribution in [0, 0.1) is 11.3 Å². The van der Waals surface area contributed by atoms with Gasteiger partial charge in [-0.1, -0.05) is 0 Å². The Hall–Kier alpha value is -2.95. The zero-order valence-electron chi connectivity index (χ0n) is 11.9. The van der Waals surface area contributed by atoms with Crippen LogP contribution in [0.5, 0.6) is 0 Å². The van der Waals surface area contributed by atoms with Crippen molar-refractivity contribution in [2.24, 2.45) is 0 Å². The molecule has 2 aromatic rings. The zero-order chi connectivity index (χ0) is 15.4. The smallest absolute Gasteiger partial charge is 0.290 e. The van der Waals surface area contributed by atoms with Gasteiger partial charge in [0.2, 0.25) is 0 Å². The van der Waals surface area contributed by atoms with E-state index in [9.17, 15) is 4.79 Å². The van der Waals surface area contributed by atoms with Gasteiger partial charge in [-0.2, -0.15) is 5.26 Å². The monoisotopic (exact) mass is 297 g/mol. The second-order valence-electron chi connectivity index (χ2n) is 5.07. The van der Waals surface area contributed by atoms with Gasteiger partial charge < -0.3 is 15.2 Å². The molecular formula is C14H15N7O. The SMILES string of the molecule is N#Cc1cnc(N[C@H]2CCCN(c3ncc[nH]c3=O)C2)cn1. The summed E-state index contributed by atoms with van der Waals surface area (Å²) in [7, 11) is 0. The number of nitriles is 1. The Morgan fingerprint density at radius 1 is 1.36 bits per heavy atom. The fourth-order valence-electron chi connectivity index (χ4n) is 2.53. The van der Waals surface area contributed by atoms with E-state index in [0.29, 0.717) is 18.2 Å². The first-order valence-electron chi connectivity index (χ1n) is 7.03. The number of aromatic amines is 1. The number of piperidine rings is 1. The number of anilines is 2. The van der Waals surface area contributed by atoms with E-state index in [0.717, 1.165) is 19.4 Å². The number of hydrogen-bond acceptors (Lipinski definition) is 7. The van der Waals surface area contributed by atoms with E-state index in [1.165, 1.54) is 12.4 Å². The van der Waals surface area contributed by atoms with Crippen molar-refractivity contribution in [3.05, 3.63) is 40.8 Å². The van der Waals surface area contributed by atoms with Gasteiger partial charge in [-0.05, 0) is 12.8 Å². The van der Waals surface area contributed by atoms with Crippen LogP contribution in [0.15, 0.2) is 29.6 Å². The Morgan fingerprint density at radius 2 is 2.27 bits per heavy atom. The van der Waals surface area contributed by atoms with Crippen molar-refractivity contribution in [2.75, 3.05) is 23.3 Å². The van der Waals surface area contributed by atoms with Gasteiger partial charge in [0.05, 0.1) is 12.4 Å². The van der Waals surface area contributed by atoms with Crippen molar-refractivity contribution >= 4 is 11.6 Å². The Kier molecular flexibility index (Phi) is 3.96. The summed E-state index contributed by atoms with van der Waals surface area (Å²) in [4.78, 5) is 28.7. The number of rotatable bonds is 3. The third-order valence-corrected chi connectivity index (χ3v) is 3.53. The fraction of sp³-hybridized carbons (Fsp3) is 0.357. The van der Waals surface area contributed by atoms with E-state index >= 15 is 0 Å². The molecule has 0 aromatic carbocycles. The molecule has 8 nitrogen and oxygen atoms in total. The first kappa shape index (κ1) is 14.0. The van der Waals surface area contributed by atoms with Crippen LogP contribution in [-0.4, -0.2) is 39.1 Å². The molecule has 1 aliphatic rings. The molecule has 1 atom stereocenters. The van der Waals surface area contributed by atoms with Crippen molar-refractivity contribution in [3.8, 4) is 6.07 Å². The second kappa shape index (κ2) is 6.22. The average Bonchev–Trinajstić information content (AvgIpc) is 2.56. The van der Waals surface area contributed by atoms with E-state index in [1.54, 1.807) is 12.4 Å². The maximum absolute atomic E-state index is 11.8. The number of aromatic nitrogens is 4. The molecule has 8 heteroatoms. The molecule has 2 aromatic heterocycles. The minimum Gasteiger partial charge on any atom is -0.364 e. The van der Waals surface area contributed by atoms with Crippen molar-refractivity contribution in [1.29, 1.82) is 5.26 Å². The first-order chi connectivity index (χ1) is 10.8. The minimum atomic E-state index is -0.179. The van der Waals surface area contributed by atoms with Gasteiger partial charge in [-0.3, -0.25) is 4.79 Å². The lowest BCUT2D eigenvalue weighted by Gasteiger charge is -2.33. The summed E-state index contributed by atoms with van der Waals surface area (Å²) in [5.74, 6) is 1.07. The van der Waals surface area contributed by atoms with E-state index in [4.69, 9.17) is 5.26 Å². The highest BCUT2D eigenvalue weighted by Crippen LogP contribution is 2.17. The molecular weight excluding hydrogens is 282 g/mol. The summed E-state index contributed by atoms with van der Waals surface area (Å²) in [5, 5.41) is 12.0. The molecule has 1 aliphatic heterocycles. The highest BCUT2D eigenvalue weighted by molar-refractivity contribution is 5.39. The summed E-state index contributed by atoms with van der Waals surface area (Å²) in [6.07, 6.45) is 8.02. The maximum Gasteiger partial charge on any atom is 0.290 e. The average molecular weight is 297 g/mol. The Labute approximate surface area is 126 Å². The van der Waals surface area contributed by atoms with Crippen LogP contribution in [0.1, 0.15) is 18.5 Å². The van der Waals surface area contributed by atoms with Crippen LogP contribution in [0.3, 0.4) is 0 Å². The lowest BCUT2D eigenvalue weighted by atomic mass is 10.1. The van der Waals surface area contributed by atoms with Crippen molar-refractivity contribution < 1.29 is 0 Å². The summed E-state index contributed by atoms with van der Waals surface area (Å²) in [5.41, 5.74) is 0.108. The molecule has 0 saturated carbocycles. The van der Waals surface area contributed by atoms with Gasteiger partial charge in [-0.15, -0.1) is 0 Å². The summed E-state index contributed by atoms with van der Waals surface area (Å²) >= 11 is 0. The highest BCUT2D eigenvalue weighted by atomic mass is 16.1. The Bertz CT molecular complexity index is 734. The molecule has 3 heterocycles. The molecule has 0 unspecified atom stereocenters. The molecule has 0 amide bonds. The number of hydrogen-bond donors (Lipinski definition) is 2. The van der Waals surface area contributed by atoms with Gasteiger partial charge in [-0.25, -0.2) is 15.0 Å². The Morgan fingerprint density at radius 3 is 3.00 bits per heavy atom. The molecule has 3 rings (SSSR count).